The number of benzene rings is 2. The monoisotopic (exact) mass is 376 g/mol. The second kappa shape index (κ2) is 7.16. The van der Waals surface area contributed by atoms with E-state index in [0.717, 1.165) is 48.9 Å². The number of rotatable bonds is 3. The molecule has 1 saturated heterocycles. The summed E-state index contributed by atoms with van der Waals surface area (Å²) in [5.41, 5.74) is 2.31. The van der Waals surface area contributed by atoms with E-state index in [4.69, 9.17) is 27.9 Å². The van der Waals surface area contributed by atoms with Gasteiger partial charge in [0.2, 0.25) is 0 Å². The van der Waals surface area contributed by atoms with Gasteiger partial charge in [0.1, 0.15) is 11.9 Å². The fraction of sp³-hybridized carbons (Fsp3) is 0.400. The highest BCUT2D eigenvalue weighted by molar-refractivity contribution is 6.35. The van der Waals surface area contributed by atoms with E-state index in [0.29, 0.717) is 11.1 Å². The molecule has 1 aliphatic carbocycles. The van der Waals surface area contributed by atoms with Gasteiger partial charge in [-0.1, -0.05) is 41.4 Å². The van der Waals surface area contributed by atoms with Crippen molar-refractivity contribution in [1.82, 2.24) is 9.80 Å². The first-order chi connectivity index (χ1) is 12.1. The van der Waals surface area contributed by atoms with Crippen molar-refractivity contribution in [3.05, 3.63) is 63.6 Å². The van der Waals surface area contributed by atoms with Gasteiger partial charge in [-0.05, 0) is 43.3 Å². The van der Waals surface area contributed by atoms with Crippen LogP contribution in [0.5, 0.6) is 5.75 Å². The molecule has 0 spiro atoms. The lowest BCUT2D eigenvalue weighted by Gasteiger charge is -2.38. The van der Waals surface area contributed by atoms with E-state index in [9.17, 15) is 0 Å². The van der Waals surface area contributed by atoms with Crippen LogP contribution in [0.1, 0.15) is 17.2 Å². The van der Waals surface area contributed by atoms with Gasteiger partial charge in [0.25, 0.3) is 0 Å². The second-order valence-electron chi connectivity index (χ2n) is 6.92. The maximum absolute atomic E-state index is 6.50. The minimum Gasteiger partial charge on any atom is -0.484 e. The largest absolute Gasteiger partial charge is 0.484 e. The standard InChI is InChI=1S/C20H22Cl2N2O/c1-23-7-9-24(10-8-23)19-13-16-17(11-14(21)12-18(16)22)20(19)25-15-5-3-2-4-6-15/h2-6,11-12,19-20H,7-10,13H2,1H3/t19-,20-/m0/s1. The third kappa shape index (κ3) is 3.52. The summed E-state index contributed by atoms with van der Waals surface area (Å²) in [5, 5.41) is 1.42. The van der Waals surface area contributed by atoms with Crippen LogP contribution in [-0.2, 0) is 6.42 Å². The molecule has 0 radical (unpaired) electrons. The highest BCUT2D eigenvalue weighted by atomic mass is 35.5. The van der Waals surface area contributed by atoms with Crippen molar-refractivity contribution in [2.45, 2.75) is 18.6 Å². The molecule has 0 unspecified atom stereocenters. The van der Waals surface area contributed by atoms with Crippen molar-refractivity contribution < 1.29 is 4.74 Å². The van der Waals surface area contributed by atoms with Crippen LogP contribution in [0.2, 0.25) is 10.0 Å². The zero-order valence-electron chi connectivity index (χ0n) is 14.3. The van der Waals surface area contributed by atoms with Gasteiger partial charge < -0.3 is 9.64 Å². The SMILES string of the molecule is CN1CCN([C@H]2Cc3c(Cl)cc(Cl)cc3[C@@H]2Oc2ccccc2)CC1. The average Bonchev–Trinajstić information content (AvgIpc) is 2.95. The van der Waals surface area contributed by atoms with Crippen LogP contribution >= 0.6 is 23.2 Å². The number of piperazine rings is 1. The predicted octanol–water partition coefficient (Wildman–Crippen LogP) is 4.29. The Morgan fingerprint density at radius 3 is 2.44 bits per heavy atom. The number of likely N-dealkylation sites (N-methyl/N-ethyl adjacent to an activating group) is 1. The molecule has 5 heteroatoms. The zero-order chi connectivity index (χ0) is 17.4. The molecule has 0 amide bonds. The van der Waals surface area contributed by atoms with Gasteiger partial charge in [0, 0.05) is 41.8 Å². The fourth-order valence-corrected chi connectivity index (χ4v) is 4.46. The first kappa shape index (κ1) is 17.2. The number of nitrogens with zero attached hydrogens (tertiary/aromatic N) is 2. The van der Waals surface area contributed by atoms with Crippen LogP contribution in [-0.4, -0.2) is 49.1 Å². The Morgan fingerprint density at radius 2 is 1.72 bits per heavy atom. The minimum atomic E-state index is -0.0444. The van der Waals surface area contributed by atoms with E-state index in [-0.39, 0.29) is 6.10 Å². The molecule has 25 heavy (non-hydrogen) atoms. The Bertz CT molecular complexity index is 745. The van der Waals surface area contributed by atoms with Crippen LogP contribution in [0.3, 0.4) is 0 Å². The Labute approximate surface area is 159 Å². The van der Waals surface area contributed by atoms with E-state index in [1.165, 1.54) is 5.56 Å². The number of para-hydroxylation sites is 1. The van der Waals surface area contributed by atoms with E-state index >= 15 is 0 Å². The lowest BCUT2D eigenvalue weighted by atomic mass is 10.1. The molecule has 3 nitrogen and oxygen atoms in total. The lowest BCUT2D eigenvalue weighted by Crippen LogP contribution is -2.50. The van der Waals surface area contributed by atoms with Gasteiger partial charge in [-0.3, -0.25) is 4.90 Å². The Balaban J connectivity index is 1.67. The van der Waals surface area contributed by atoms with Crippen molar-refractivity contribution in [2.75, 3.05) is 33.2 Å². The molecule has 0 N–H and O–H groups in total. The molecule has 1 aliphatic heterocycles. The number of ether oxygens (including phenoxy) is 1. The minimum absolute atomic E-state index is 0.0444. The molecule has 2 atom stereocenters. The summed E-state index contributed by atoms with van der Waals surface area (Å²) in [7, 11) is 2.18. The van der Waals surface area contributed by atoms with E-state index in [2.05, 4.69) is 16.8 Å². The van der Waals surface area contributed by atoms with Crippen molar-refractivity contribution in [3.63, 3.8) is 0 Å². The van der Waals surface area contributed by atoms with E-state index in [1.807, 2.05) is 42.5 Å². The molecule has 1 fully saturated rings. The third-order valence-corrected chi connectivity index (χ3v) is 5.83. The molecule has 132 valence electrons. The molecule has 0 saturated carbocycles. The summed E-state index contributed by atoms with van der Waals surface area (Å²) < 4.78 is 6.43. The Kier molecular flexibility index (Phi) is 4.92. The quantitative estimate of drug-likeness (QED) is 0.794. The van der Waals surface area contributed by atoms with Gasteiger partial charge in [-0.25, -0.2) is 0 Å². The second-order valence-corrected chi connectivity index (χ2v) is 7.76. The van der Waals surface area contributed by atoms with Gasteiger partial charge in [-0.2, -0.15) is 0 Å². The smallest absolute Gasteiger partial charge is 0.140 e. The average molecular weight is 377 g/mol. The zero-order valence-corrected chi connectivity index (χ0v) is 15.8. The molecule has 0 bridgehead atoms. The number of hydrogen-bond donors (Lipinski definition) is 0. The van der Waals surface area contributed by atoms with Gasteiger partial charge in [0.15, 0.2) is 0 Å². The highest BCUT2D eigenvalue weighted by Gasteiger charge is 2.40. The molecule has 2 aromatic carbocycles. The third-order valence-electron chi connectivity index (χ3n) is 5.28. The topological polar surface area (TPSA) is 15.7 Å². The van der Waals surface area contributed by atoms with Crippen LogP contribution in [0.25, 0.3) is 0 Å². The predicted molar refractivity (Wildman–Crippen MR) is 103 cm³/mol. The molecule has 2 aliphatic rings. The van der Waals surface area contributed by atoms with Gasteiger partial charge >= 0.3 is 0 Å². The maximum Gasteiger partial charge on any atom is 0.140 e. The van der Waals surface area contributed by atoms with Gasteiger partial charge in [-0.15, -0.1) is 0 Å². The van der Waals surface area contributed by atoms with Crippen LogP contribution in [0, 0.1) is 0 Å². The number of halogens is 2. The molecule has 2 aromatic rings. The van der Waals surface area contributed by atoms with Crippen LogP contribution in [0.15, 0.2) is 42.5 Å². The van der Waals surface area contributed by atoms with Crippen LogP contribution in [0.4, 0.5) is 0 Å². The van der Waals surface area contributed by atoms with Crippen molar-refractivity contribution in [2.24, 2.45) is 0 Å². The molecular formula is C20H22Cl2N2O. The summed E-state index contributed by atoms with van der Waals surface area (Å²) >= 11 is 12.8. The highest BCUT2D eigenvalue weighted by Crippen LogP contribution is 2.42. The number of fused-ring (bicyclic) bond motifs is 1. The molecule has 4 rings (SSSR count). The summed E-state index contributed by atoms with van der Waals surface area (Å²) in [6.07, 6.45) is 0.865. The Hall–Kier alpha value is -1.26. The summed E-state index contributed by atoms with van der Waals surface area (Å²) in [6, 6.07) is 14.2. The van der Waals surface area contributed by atoms with Crippen molar-refractivity contribution in [3.8, 4) is 5.75 Å². The van der Waals surface area contributed by atoms with E-state index < -0.39 is 0 Å². The number of hydrogen-bond acceptors (Lipinski definition) is 3. The maximum atomic E-state index is 6.50. The first-order valence-corrected chi connectivity index (χ1v) is 9.49. The lowest BCUT2D eigenvalue weighted by molar-refractivity contribution is 0.0454. The van der Waals surface area contributed by atoms with Crippen molar-refractivity contribution >= 4 is 23.2 Å². The molecule has 0 aromatic heterocycles. The summed E-state index contributed by atoms with van der Waals surface area (Å²) in [4.78, 5) is 4.91. The van der Waals surface area contributed by atoms with Crippen molar-refractivity contribution in [1.29, 1.82) is 0 Å². The fourth-order valence-electron chi connectivity index (χ4n) is 3.88. The molecule has 1 heterocycles. The van der Waals surface area contributed by atoms with Gasteiger partial charge in [0.05, 0.1) is 6.04 Å². The summed E-state index contributed by atoms with van der Waals surface area (Å²) in [5.74, 6) is 0.885. The van der Waals surface area contributed by atoms with Crippen LogP contribution < -0.4 is 4.74 Å². The first-order valence-electron chi connectivity index (χ1n) is 8.74. The Morgan fingerprint density at radius 1 is 1.00 bits per heavy atom. The molecular weight excluding hydrogens is 355 g/mol. The van der Waals surface area contributed by atoms with E-state index in [1.54, 1.807) is 0 Å². The normalized spacial score (nSPS) is 24.3. The summed E-state index contributed by atoms with van der Waals surface area (Å²) in [6.45, 7) is 4.27.